The van der Waals surface area contributed by atoms with Crippen LogP contribution in [0.5, 0.6) is 0 Å². The van der Waals surface area contributed by atoms with E-state index >= 15 is 0 Å². The number of halogens is 1. The highest BCUT2D eigenvalue weighted by molar-refractivity contribution is 8.00. The Morgan fingerprint density at radius 2 is 2.10 bits per heavy atom. The van der Waals surface area contributed by atoms with E-state index in [-0.39, 0.29) is 10.7 Å². The molecule has 1 aromatic heterocycles. The lowest BCUT2D eigenvalue weighted by Gasteiger charge is -2.29. The minimum absolute atomic E-state index is 0.0843. The van der Waals surface area contributed by atoms with E-state index in [0.717, 1.165) is 12.8 Å². The molecular weight excluding hydrogens is 294 g/mol. The molecule has 0 aliphatic carbocycles. The van der Waals surface area contributed by atoms with Gasteiger partial charge < -0.3 is 10.6 Å². The van der Waals surface area contributed by atoms with Gasteiger partial charge in [0.15, 0.2) is 0 Å². The average Bonchev–Trinajstić information content (AvgIpc) is 2.49. The Bertz CT molecular complexity index is 455. The first kappa shape index (κ1) is 17.1. The molecule has 1 amide bonds. The van der Waals surface area contributed by atoms with Gasteiger partial charge in [0.1, 0.15) is 5.82 Å². The van der Waals surface area contributed by atoms with Crippen molar-refractivity contribution in [2.24, 2.45) is 0 Å². The molecule has 0 unspecified atom stereocenters. The Morgan fingerprint density at radius 1 is 1.45 bits per heavy atom. The zero-order valence-corrected chi connectivity index (χ0v) is 14.0. The molecule has 0 atom stereocenters. The summed E-state index contributed by atoms with van der Waals surface area (Å²) in [5.74, 6) is 0.468. The molecule has 0 saturated heterocycles. The molecule has 0 radical (unpaired) electrons. The van der Waals surface area contributed by atoms with Gasteiger partial charge >= 0.3 is 0 Å². The molecule has 20 heavy (non-hydrogen) atoms. The fourth-order valence-corrected chi connectivity index (χ4v) is 2.93. The number of hydrogen-bond acceptors (Lipinski definition) is 4. The van der Waals surface area contributed by atoms with Gasteiger partial charge in [0, 0.05) is 24.5 Å². The second kappa shape index (κ2) is 7.74. The van der Waals surface area contributed by atoms with Crippen LogP contribution >= 0.6 is 23.4 Å². The maximum Gasteiger partial charge on any atom is 0.253 e. The van der Waals surface area contributed by atoms with Crippen molar-refractivity contribution in [2.75, 3.05) is 25.2 Å². The number of pyridine rings is 1. The number of aromatic nitrogens is 1. The second-order valence-electron chi connectivity index (χ2n) is 4.58. The van der Waals surface area contributed by atoms with Gasteiger partial charge in [-0.15, -0.1) is 0 Å². The summed E-state index contributed by atoms with van der Waals surface area (Å²) in [6.07, 6.45) is 5.59. The molecule has 0 saturated carbocycles. The van der Waals surface area contributed by atoms with Crippen molar-refractivity contribution in [1.29, 1.82) is 0 Å². The summed E-state index contributed by atoms with van der Waals surface area (Å²) < 4.78 is 0.0843. The third-order valence-corrected chi connectivity index (χ3v) is 5.54. The van der Waals surface area contributed by atoms with Crippen LogP contribution in [-0.4, -0.2) is 35.5 Å². The van der Waals surface area contributed by atoms with Gasteiger partial charge in [-0.3, -0.25) is 4.79 Å². The van der Waals surface area contributed by atoms with E-state index in [1.165, 1.54) is 6.20 Å². The third kappa shape index (κ3) is 4.03. The highest BCUT2D eigenvalue weighted by atomic mass is 35.5. The molecule has 0 aliphatic rings. The van der Waals surface area contributed by atoms with Gasteiger partial charge in [-0.1, -0.05) is 25.4 Å². The largest absolute Gasteiger partial charge is 0.373 e. The van der Waals surface area contributed by atoms with Crippen LogP contribution in [-0.2, 0) is 0 Å². The summed E-state index contributed by atoms with van der Waals surface area (Å²) in [5.41, 5.74) is 0.452. The summed E-state index contributed by atoms with van der Waals surface area (Å²) in [5, 5.41) is 6.25. The SMILES string of the molecule is CCC(CC)(CNC(=O)c1cc(NC)ncc1Cl)SC. The van der Waals surface area contributed by atoms with Crippen molar-refractivity contribution in [3.63, 3.8) is 0 Å². The van der Waals surface area contributed by atoms with E-state index in [1.807, 2.05) is 0 Å². The summed E-state index contributed by atoms with van der Waals surface area (Å²) in [6, 6.07) is 1.66. The normalized spacial score (nSPS) is 11.2. The van der Waals surface area contributed by atoms with E-state index in [9.17, 15) is 4.79 Å². The second-order valence-corrected chi connectivity index (χ2v) is 6.26. The summed E-state index contributed by atoms with van der Waals surface area (Å²) in [4.78, 5) is 16.3. The average molecular weight is 316 g/mol. The molecule has 4 nitrogen and oxygen atoms in total. The minimum atomic E-state index is -0.158. The number of rotatable bonds is 7. The number of nitrogens with zero attached hydrogens (tertiary/aromatic N) is 1. The van der Waals surface area contributed by atoms with Crippen LogP contribution in [0.2, 0.25) is 5.02 Å². The Kier molecular flexibility index (Phi) is 6.62. The Hall–Kier alpha value is -0.940. The number of thioether (sulfide) groups is 1. The Labute approximate surface area is 130 Å². The lowest BCUT2D eigenvalue weighted by molar-refractivity contribution is 0.0949. The predicted molar refractivity (Wildman–Crippen MR) is 88.0 cm³/mol. The lowest BCUT2D eigenvalue weighted by Crippen LogP contribution is -2.39. The van der Waals surface area contributed by atoms with Crippen molar-refractivity contribution in [1.82, 2.24) is 10.3 Å². The number of hydrogen-bond donors (Lipinski definition) is 2. The lowest BCUT2D eigenvalue weighted by atomic mass is 10.0. The molecule has 1 heterocycles. The summed E-state index contributed by atoms with van der Waals surface area (Å²) >= 11 is 7.84. The van der Waals surface area contributed by atoms with Crippen LogP contribution in [0.4, 0.5) is 5.82 Å². The maximum atomic E-state index is 12.3. The molecule has 112 valence electrons. The number of carbonyl (C=O) groups excluding carboxylic acids is 1. The first-order valence-corrected chi connectivity index (χ1v) is 8.28. The molecule has 0 fully saturated rings. The highest BCUT2D eigenvalue weighted by Crippen LogP contribution is 2.29. The first-order chi connectivity index (χ1) is 9.51. The molecule has 0 aliphatic heterocycles. The topological polar surface area (TPSA) is 54.0 Å². The standard InChI is InChI=1S/C14H22ClN3OS/c1-5-14(6-2,20-4)9-18-13(19)10-7-12(16-3)17-8-11(10)15/h7-8H,5-6,9H2,1-4H3,(H,16,17)(H,18,19). The molecule has 0 bridgehead atoms. The number of nitrogens with one attached hydrogen (secondary N) is 2. The Balaban J connectivity index is 2.81. The van der Waals surface area contributed by atoms with E-state index in [1.54, 1.807) is 24.9 Å². The Morgan fingerprint density at radius 3 is 2.60 bits per heavy atom. The van der Waals surface area contributed by atoms with E-state index in [0.29, 0.717) is 22.9 Å². The molecule has 1 rings (SSSR count). The summed E-state index contributed by atoms with van der Waals surface area (Å²) in [6.45, 7) is 4.92. The van der Waals surface area contributed by atoms with E-state index in [2.05, 4.69) is 35.7 Å². The van der Waals surface area contributed by atoms with Gasteiger partial charge in [-0.2, -0.15) is 11.8 Å². The van der Waals surface area contributed by atoms with E-state index in [4.69, 9.17) is 11.6 Å². The van der Waals surface area contributed by atoms with Crippen molar-refractivity contribution in [3.8, 4) is 0 Å². The predicted octanol–water partition coefficient (Wildman–Crippen LogP) is 3.43. The van der Waals surface area contributed by atoms with Gasteiger partial charge in [-0.25, -0.2) is 4.98 Å². The number of carbonyl (C=O) groups is 1. The van der Waals surface area contributed by atoms with Crippen LogP contribution in [0.15, 0.2) is 12.3 Å². The molecule has 6 heteroatoms. The van der Waals surface area contributed by atoms with Crippen molar-refractivity contribution in [2.45, 2.75) is 31.4 Å². The number of anilines is 1. The smallest absolute Gasteiger partial charge is 0.253 e. The van der Waals surface area contributed by atoms with Crippen LogP contribution in [0.3, 0.4) is 0 Å². The first-order valence-electron chi connectivity index (χ1n) is 6.68. The fourth-order valence-electron chi connectivity index (χ4n) is 1.95. The van der Waals surface area contributed by atoms with Crippen molar-refractivity contribution < 1.29 is 4.79 Å². The van der Waals surface area contributed by atoms with Crippen molar-refractivity contribution in [3.05, 3.63) is 22.8 Å². The van der Waals surface area contributed by atoms with Gasteiger partial charge in [0.25, 0.3) is 5.91 Å². The van der Waals surface area contributed by atoms with Gasteiger partial charge in [0.2, 0.25) is 0 Å². The highest BCUT2D eigenvalue weighted by Gasteiger charge is 2.26. The monoisotopic (exact) mass is 315 g/mol. The maximum absolute atomic E-state index is 12.3. The quantitative estimate of drug-likeness (QED) is 0.809. The minimum Gasteiger partial charge on any atom is -0.373 e. The molecular formula is C14H22ClN3OS. The number of amides is 1. The summed E-state index contributed by atoms with van der Waals surface area (Å²) in [7, 11) is 1.75. The molecule has 1 aromatic rings. The van der Waals surface area contributed by atoms with E-state index < -0.39 is 0 Å². The zero-order valence-electron chi connectivity index (χ0n) is 12.4. The van der Waals surface area contributed by atoms with Crippen LogP contribution in [0.1, 0.15) is 37.0 Å². The van der Waals surface area contributed by atoms with Crippen LogP contribution in [0, 0.1) is 0 Å². The van der Waals surface area contributed by atoms with Gasteiger partial charge in [0.05, 0.1) is 10.6 Å². The molecule has 0 aromatic carbocycles. The third-order valence-electron chi connectivity index (χ3n) is 3.65. The fraction of sp³-hybridized carbons (Fsp3) is 0.571. The molecule has 0 spiro atoms. The molecule has 2 N–H and O–H groups in total. The van der Waals surface area contributed by atoms with Crippen LogP contribution in [0.25, 0.3) is 0 Å². The van der Waals surface area contributed by atoms with Gasteiger partial charge in [-0.05, 0) is 25.2 Å². The zero-order chi connectivity index (χ0) is 15.2. The van der Waals surface area contributed by atoms with Crippen LogP contribution < -0.4 is 10.6 Å². The van der Waals surface area contributed by atoms with Crippen molar-refractivity contribution >= 4 is 35.1 Å².